The fourth-order valence-corrected chi connectivity index (χ4v) is 3.10. The highest BCUT2D eigenvalue weighted by Crippen LogP contribution is 2.24. The van der Waals surface area contributed by atoms with Gasteiger partial charge in [0.2, 0.25) is 0 Å². The molecule has 0 heterocycles. The van der Waals surface area contributed by atoms with Crippen molar-refractivity contribution in [1.29, 1.82) is 0 Å². The van der Waals surface area contributed by atoms with Crippen LogP contribution in [0.4, 0.5) is 0 Å². The van der Waals surface area contributed by atoms with Crippen LogP contribution in [-0.2, 0) is 25.1 Å². The van der Waals surface area contributed by atoms with Gasteiger partial charge in [-0.3, -0.25) is 0 Å². The summed E-state index contributed by atoms with van der Waals surface area (Å²) in [6.07, 6.45) is 0. The fourth-order valence-electron chi connectivity index (χ4n) is 1.52. The molecule has 2 rings (SSSR count). The van der Waals surface area contributed by atoms with Gasteiger partial charge in [0.25, 0.3) is 0 Å². The molecule has 0 saturated heterocycles. The van der Waals surface area contributed by atoms with E-state index < -0.39 is 21.5 Å². The van der Waals surface area contributed by atoms with Crippen LogP contribution in [0, 0.1) is 0 Å². The zero-order valence-corrected chi connectivity index (χ0v) is 10.0. The summed E-state index contributed by atoms with van der Waals surface area (Å²) in [4.78, 5) is -0.167. The third-order valence-corrected chi connectivity index (χ3v) is 4.22. The van der Waals surface area contributed by atoms with Gasteiger partial charge in [-0.1, -0.05) is 36.4 Å². The van der Waals surface area contributed by atoms with Gasteiger partial charge in [0, 0.05) is 5.39 Å². The third-order valence-electron chi connectivity index (χ3n) is 2.16. The second kappa shape index (κ2) is 4.53. The van der Waals surface area contributed by atoms with Gasteiger partial charge in [0.1, 0.15) is 16.3 Å². The molecule has 0 radical (unpaired) electrons. The molecule has 0 saturated carbocycles. The summed E-state index contributed by atoms with van der Waals surface area (Å²) < 4.78 is 47.8. The summed E-state index contributed by atoms with van der Waals surface area (Å²) in [5.41, 5.74) is 0. The Morgan fingerprint density at radius 3 is 2.41 bits per heavy atom. The van der Waals surface area contributed by atoms with Gasteiger partial charge in [-0.15, -0.1) is 0 Å². The molecule has 17 heavy (non-hydrogen) atoms. The second-order valence-corrected chi connectivity index (χ2v) is 5.50. The summed E-state index contributed by atoms with van der Waals surface area (Å²) in [6, 6.07) is 11.3. The first kappa shape index (κ1) is 12.2. The predicted molar refractivity (Wildman–Crippen MR) is 61.1 cm³/mol. The maximum Gasteiger partial charge on any atom is 0.309 e. The van der Waals surface area contributed by atoms with Crippen molar-refractivity contribution in [2.24, 2.45) is 0 Å². The van der Waals surface area contributed by atoms with E-state index in [4.69, 9.17) is 0 Å². The molecule has 0 spiro atoms. The van der Waals surface area contributed by atoms with Crippen molar-refractivity contribution in [2.75, 3.05) is 0 Å². The Hall–Kier alpha value is -1.28. The first-order valence-corrected chi connectivity index (χ1v) is 6.93. The van der Waals surface area contributed by atoms with Gasteiger partial charge >= 0.3 is 10.1 Å². The Balaban J connectivity index is 2.67. The van der Waals surface area contributed by atoms with Crippen LogP contribution >= 0.6 is 0 Å². The fraction of sp³-hybridized carbons (Fsp3) is 0. The standard InChI is InChI=1S/C10H8O5S2/c11-16(12)15-17(13,14)10-7-3-5-8-4-1-2-6-9(8)10/h1-7H,(H,11,12)/p-1. The van der Waals surface area contributed by atoms with Crippen molar-refractivity contribution in [3.63, 3.8) is 0 Å². The van der Waals surface area contributed by atoms with E-state index in [9.17, 15) is 17.2 Å². The van der Waals surface area contributed by atoms with Gasteiger partial charge in [-0.25, -0.2) is 4.21 Å². The van der Waals surface area contributed by atoms with E-state index in [0.29, 0.717) is 10.8 Å². The van der Waals surface area contributed by atoms with E-state index in [-0.39, 0.29) is 4.90 Å². The lowest BCUT2D eigenvalue weighted by Crippen LogP contribution is -2.08. The zero-order chi connectivity index (χ0) is 12.5. The Kier molecular flexibility index (Phi) is 3.25. The average molecular weight is 271 g/mol. The van der Waals surface area contributed by atoms with Gasteiger partial charge in [0.05, 0.1) is 0 Å². The minimum atomic E-state index is -4.30. The molecule has 0 fully saturated rings. The largest absolute Gasteiger partial charge is 0.749 e. The number of fused-ring (bicyclic) bond motifs is 1. The molecule has 7 heteroatoms. The Morgan fingerprint density at radius 1 is 1.06 bits per heavy atom. The minimum absolute atomic E-state index is 0.167. The monoisotopic (exact) mass is 271 g/mol. The molecule has 2 aromatic rings. The molecule has 0 N–H and O–H groups in total. The quantitative estimate of drug-likeness (QED) is 0.786. The molecule has 5 nitrogen and oxygen atoms in total. The van der Waals surface area contributed by atoms with Crippen LogP contribution in [-0.4, -0.2) is 17.2 Å². The van der Waals surface area contributed by atoms with Crippen LogP contribution < -0.4 is 0 Å². The minimum Gasteiger partial charge on any atom is -0.749 e. The molecule has 0 aliphatic carbocycles. The molecule has 1 atom stereocenters. The van der Waals surface area contributed by atoms with E-state index in [1.165, 1.54) is 12.1 Å². The van der Waals surface area contributed by atoms with Gasteiger partial charge in [-0.05, 0) is 11.5 Å². The van der Waals surface area contributed by atoms with Crippen molar-refractivity contribution < 1.29 is 20.8 Å². The first-order valence-electron chi connectivity index (χ1n) is 4.53. The smallest absolute Gasteiger partial charge is 0.309 e. The molecule has 90 valence electrons. The van der Waals surface area contributed by atoms with Gasteiger partial charge in [-0.2, -0.15) is 12.0 Å². The highest BCUT2D eigenvalue weighted by atomic mass is 32.3. The second-order valence-electron chi connectivity index (χ2n) is 3.20. The van der Waals surface area contributed by atoms with Crippen molar-refractivity contribution in [1.82, 2.24) is 0 Å². The Morgan fingerprint density at radius 2 is 1.71 bits per heavy atom. The van der Waals surface area contributed by atoms with E-state index in [1.807, 2.05) is 0 Å². The topological polar surface area (TPSA) is 83.5 Å². The van der Waals surface area contributed by atoms with Gasteiger partial charge < -0.3 is 4.55 Å². The van der Waals surface area contributed by atoms with Crippen molar-refractivity contribution in [3.05, 3.63) is 42.5 Å². The van der Waals surface area contributed by atoms with Crippen molar-refractivity contribution in [2.45, 2.75) is 4.90 Å². The average Bonchev–Trinajstić information content (AvgIpc) is 2.26. The van der Waals surface area contributed by atoms with E-state index in [2.05, 4.69) is 3.63 Å². The molecule has 0 aliphatic heterocycles. The molecular formula is C10H7O5S2-. The Labute approximate surface area is 101 Å². The maximum atomic E-state index is 11.6. The molecule has 1 unspecified atom stereocenters. The zero-order valence-electron chi connectivity index (χ0n) is 8.40. The highest BCUT2D eigenvalue weighted by Gasteiger charge is 2.18. The maximum absolute atomic E-state index is 11.6. The number of rotatable bonds is 3. The predicted octanol–water partition coefficient (Wildman–Crippen LogP) is 1.34. The van der Waals surface area contributed by atoms with Crippen LogP contribution in [0.1, 0.15) is 0 Å². The Bertz CT molecular complexity index is 673. The summed E-state index contributed by atoms with van der Waals surface area (Å²) in [5, 5.41) is 1.11. The number of hydrogen-bond donors (Lipinski definition) is 0. The van der Waals surface area contributed by atoms with Crippen LogP contribution in [0.3, 0.4) is 0 Å². The number of benzene rings is 2. The molecular weight excluding hydrogens is 264 g/mol. The van der Waals surface area contributed by atoms with E-state index >= 15 is 0 Å². The van der Waals surface area contributed by atoms with Crippen LogP contribution in [0.25, 0.3) is 10.8 Å². The normalized spacial score (nSPS) is 13.7. The summed E-state index contributed by atoms with van der Waals surface area (Å²) in [7, 11) is -4.30. The highest BCUT2D eigenvalue weighted by molar-refractivity contribution is 7.95. The van der Waals surface area contributed by atoms with Crippen LogP contribution in [0.5, 0.6) is 0 Å². The molecule has 2 aromatic carbocycles. The SMILES string of the molecule is O=S([O-])OS(=O)(=O)c1cccc2ccccc12. The van der Waals surface area contributed by atoms with E-state index in [0.717, 1.165) is 0 Å². The lowest BCUT2D eigenvalue weighted by Gasteiger charge is -2.08. The van der Waals surface area contributed by atoms with Crippen molar-refractivity contribution in [3.8, 4) is 0 Å². The first-order chi connectivity index (χ1) is 8.00. The van der Waals surface area contributed by atoms with Crippen molar-refractivity contribution >= 4 is 32.3 Å². The van der Waals surface area contributed by atoms with E-state index in [1.54, 1.807) is 30.3 Å². The summed E-state index contributed by atoms with van der Waals surface area (Å²) >= 11 is -3.12. The lowest BCUT2D eigenvalue weighted by molar-refractivity contribution is 0.430. The molecule has 0 aliphatic rings. The third kappa shape index (κ3) is 2.52. The van der Waals surface area contributed by atoms with Gasteiger partial charge in [0.15, 0.2) is 0 Å². The van der Waals surface area contributed by atoms with Crippen LogP contribution in [0.15, 0.2) is 47.4 Å². The molecule has 0 amide bonds. The molecule has 0 bridgehead atoms. The molecule has 0 aromatic heterocycles. The van der Waals surface area contributed by atoms with Crippen LogP contribution in [0.2, 0.25) is 0 Å². The summed E-state index contributed by atoms with van der Waals surface area (Å²) in [5.74, 6) is 0. The number of hydrogen-bond acceptors (Lipinski definition) is 5. The summed E-state index contributed by atoms with van der Waals surface area (Å²) in [6.45, 7) is 0. The lowest BCUT2D eigenvalue weighted by atomic mass is 10.1.